The fourth-order valence-electron chi connectivity index (χ4n) is 2.26. The zero-order chi connectivity index (χ0) is 7.84. The Hall–Kier alpha value is 0.650. The van der Waals surface area contributed by atoms with Crippen molar-refractivity contribution in [3.05, 3.63) is 0 Å². The number of hydrogen-bond acceptors (Lipinski definition) is 2. The van der Waals surface area contributed by atoms with Crippen LogP contribution in [0.1, 0.15) is 25.7 Å². The summed E-state index contributed by atoms with van der Waals surface area (Å²) < 4.78 is 7.90. The summed E-state index contributed by atoms with van der Waals surface area (Å²) in [6.07, 6.45) is 5.80. The summed E-state index contributed by atoms with van der Waals surface area (Å²) in [6, 6.07) is 1.61. The molecular formula is C8H14INO. The topological polar surface area (TPSA) is 12.5 Å². The molecule has 11 heavy (non-hydrogen) atoms. The second kappa shape index (κ2) is 3.18. The van der Waals surface area contributed by atoms with Crippen molar-refractivity contribution in [2.45, 2.75) is 43.9 Å². The van der Waals surface area contributed by atoms with Crippen LogP contribution in [-0.4, -0.2) is 28.4 Å². The lowest BCUT2D eigenvalue weighted by molar-refractivity contribution is 0.0425. The number of nitrogens with zero attached hydrogens (tertiary/aromatic N) is 1. The van der Waals surface area contributed by atoms with Gasteiger partial charge in [-0.25, -0.2) is 3.11 Å². The van der Waals surface area contributed by atoms with Gasteiger partial charge in [-0.1, -0.05) is 0 Å². The Morgan fingerprint density at radius 3 is 2.27 bits per heavy atom. The van der Waals surface area contributed by atoms with E-state index in [0.29, 0.717) is 6.10 Å². The Labute approximate surface area is 81.8 Å². The van der Waals surface area contributed by atoms with Crippen LogP contribution in [0, 0.1) is 0 Å². The summed E-state index contributed by atoms with van der Waals surface area (Å²) in [7, 11) is 1.84. The molecule has 0 aliphatic carbocycles. The van der Waals surface area contributed by atoms with E-state index in [9.17, 15) is 0 Å². The Bertz CT molecular complexity index is 139. The van der Waals surface area contributed by atoms with E-state index in [1.54, 1.807) is 0 Å². The summed E-state index contributed by atoms with van der Waals surface area (Å²) >= 11 is 2.48. The molecule has 2 aliphatic heterocycles. The molecule has 2 bridgehead atoms. The van der Waals surface area contributed by atoms with Crippen LogP contribution in [0.5, 0.6) is 0 Å². The molecule has 0 aromatic carbocycles. The van der Waals surface area contributed by atoms with Gasteiger partial charge in [0.2, 0.25) is 0 Å². The molecule has 2 unspecified atom stereocenters. The normalized spacial score (nSPS) is 44.7. The molecular weight excluding hydrogens is 253 g/mol. The highest BCUT2D eigenvalue weighted by atomic mass is 127. The maximum absolute atomic E-state index is 5.39. The quantitative estimate of drug-likeness (QED) is 0.532. The SMILES string of the molecule is COC1CC2CCC(C1)N2I. The summed E-state index contributed by atoms with van der Waals surface area (Å²) in [5, 5.41) is 0. The van der Waals surface area contributed by atoms with Crippen LogP contribution in [-0.2, 0) is 4.74 Å². The fraction of sp³-hybridized carbons (Fsp3) is 1.00. The average molecular weight is 267 g/mol. The van der Waals surface area contributed by atoms with Gasteiger partial charge in [0.15, 0.2) is 0 Å². The Balaban J connectivity index is 2.02. The van der Waals surface area contributed by atoms with E-state index in [0.717, 1.165) is 12.1 Å². The van der Waals surface area contributed by atoms with Crippen molar-refractivity contribution in [2.75, 3.05) is 7.11 Å². The minimum Gasteiger partial charge on any atom is -0.381 e. The van der Waals surface area contributed by atoms with Gasteiger partial charge in [0, 0.05) is 42.1 Å². The first-order chi connectivity index (χ1) is 5.31. The number of methoxy groups -OCH3 is 1. The molecule has 0 N–H and O–H groups in total. The van der Waals surface area contributed by atoms with Crippen LogP contribution in [0.4, 0.5) is 0 Å². The Kier molecular flexibility index (Phi) is 2.39. The van der Waals surface area contributed by atoms with Crippen molar-refractivity contribution in [1.29, 1.82) is 0 Å². The molecule has 2 aliphatic rings. The summed E-state index contributed by atoms with van der Waals surface area (Å²) in [4.78, 5) is 0. The van der Waals surface area contributed by atoms with Crippen LogP contribution < -0.4 is 0 Å². The third-order valence-corrected chi connectivity index (χ3v) is 4.51. The molecule has 2 atom stereocenters. The van der Waals surface area contributed by atoms with Gasteiger partial charge < -0.3 is 4.74 Å². The smallest absolute Gasteiger partial charge is 0.0601 e. The maximum Gasteiger partial charge on any atom is 0.0601 e. The first-order valence-electron chi connectivity index (χ1n) is 4.28. The van der Waals surface area contributed by atoms with E-state index in [1.807, 2.05) is 7.11 Å². The molecule has 0 radical (unpaired) electrons. The monoisotopic (exact) mass is 267 g/mol. The van der Waals surface area contributed by atoms with Gasteiger partial charge in [0.05, 0.1) is 6.10 Å². The van der Waals surface area contributed by atoms with Crippen molar-refractivity contribution in [2.24, 2.45) is 0 Å². The van der Waals surface area contributed by atoms with E-state index in [4.69, 9.17) is 4.74 Å². The summed E-state index contributed by atoms with van der Waals surface area (Å²) in [5.41, 5.74) is 0. The Morgan fingerprint density at radius 1 is 1.27 bits per heavy atom. The highest BCUT2D eigenvalue weighted by Gasteiger charge is 2.39. The highest BCUT2D eigenvalue weighted by Crippen LogP contribution is 2.38. The molecule has 2 fully saturated rings. The van der Waals surface area contributed by atoms with Crippen LogP contribution in [0.25, 0.3) is 0 Å². The van der Waals surface area contributed by atoms with Crippen molar-refractivity contribution in [1.82, 2.24) is 3.11 Å². The minimum atomic E-state index is 0.540. The number of halogens is 1. The summed E-state index contributed by atoms with van der Waals surface area (Å²) in [6.45, 7) is 0. The highest BCUT2D eigenvalue weighted by molar-refractivity contribution is 14.1. The molecule has 2 nitrogen and oxygen atoms in total. The molecule has 0 aromatic heterocycles. The first-order valence-corrected chi connectivity index (χ1v) is 5.24. The molecule has 0 aromatic rings. The van der Waals surface area contributed by atoms with E-state index in [1.165, 1.54) is 25.7 Å². The third kappa shape index (κ3) is 1.42. The van der Waals surface area contributed by atoms with Crippen molar-refractivity contribution >= 4 is 22.9 Å². The minimum absolute atomic E-state index is 0.540. The van der Waals surface area contributed by atoms with Crippen LogP contribution >= 0.6 is 22.9 Å². The van der Waals surface area contributed by atoms with Gasteiger partial charge in [-0.05, 0) is 25.7 Å². The van der Waals surface area contributed by atoms with Gasteiger partial charge in [-0.15, -0.1) is 0 Å². The van der Waals surface area contributed by atoms with Crippen molar-refractivity contribution in [3.63, 3.8) is 0 Å². The molecule has 2 saturated heterocycles. The van der Waals surface area contributed by atoms with Crippen molar-refractivity contribution < 1.29 is 4.74 Å². The van der Waals surface area contributed by atoms with Gasteiger partial charge >= 0.3 is 0 Å². The number of fused-ring (bicyclic) bond motifs is 2. The average Bonchev–Trinajstić information content (AvgIpc) is 2.26. The predicted molar refractivity (Wildman–Crippen MR) is 52.7 cm³/mol. The van der Waals surface area contributed by atoms with E-state index in [2.05, 4.69) is 26.0 Å². The van der Waals surface area contributed by atoms with Gasteiger partial charge in [0.25, 0.3) is 0 Å². The zero-order valence-corrected chi connectivity index (χ0v) is 8.95. The molecule has 0 spiro atoms. The first kappa shape index (κ1) is 8.26. The van der Waals surface area contributed by atoms with Crippen LogP contribution in [0.2, 0.25) is 0 Å². The fourth-order valence-corrected chi connectivity index (χ4v) is 3.27. The Morgan fingerprint density at radius 2 is 1.82 bits per heavy atom. The molecule has 2 rings (SSSR count). The predicted octanol–water partition coefficient (Wildman–Crippen LogP) is 1.98. The molecule has 64 valence electrons. The summed E-state index contributed by atoms with van der Waals surface area (Å²) in [5.74, 6) is 0. The lowest BCUT2D eigenvalue weighted by Gasteiger charge is -2.33. The van der Waals surface area contributed by atoms with E-state index >= 15 is 0 Å². The van der Waals surface area contributed by atoms with E-state index in [-0.39, 0.29) is 0 Å². The largest absolute Gasteiger partial charge is 0.381 e. The van der Waals surface area contributed by atoms with Gasteiger partial charge in [-0.2, -0.15) is 0 Å². The lowest BCUT2D eigenvalue weighted by Crippen LogP contribution is -2.38. The lowest BCUT2D eigenvalue weighted by atomic mass is 10.0. The standard InChI is InChI=1S/C8H14INO/c1-11-8-4-6-2-3-7(5-8)10(6)9/h6-8H,2-5H2,1H3. The maximum atomic E-state index is 5.39. The zero-order valence-electron chi connectivity index (χ0n) is 6.79. The van der Waals surface area contributed by atoms with Crippen LogP contribution in [0.3, 0.4) is 0 Å². The van der Waals surface area contributed by atoms with E-state index < -0.39 is 0 Å². The number of rotatable bonds is 1. The molecule has 3 heteroatoms. The second-order valence-corrected chi connectivity index (χ2v) is 4.67. The van der Waals surface area contributed by atoms with Crippen molar-refractivity contribution in [3.8, 4) is 0 Å². The molecule has 0 amide bonds. The third-order valence-electron chi connectivity index (χ3n) is 2.93. The van der Waals surface area contributed by atoms with Crippen LogP contribution in [0.15, 0.2) is 0 Å². The van der Waals surface area contributed by atoms with Gasteiger partial charge in [-0.3, -0.25) is 0 Å². The van der Waals surface area contributed by atoms with Gasteiger partial charge in [0.1, 0.15) is 0 Å². The number of ether oxygens (including phenoxy) is 1. The molecule has 0 saturated carbocycles. The molecule has 2 heterocycles. The number of hydrogen-bond donors (Lipinski definition) is 0. The second-order valence-electron chi connectivity index (χ2n) is 3.56. The number of piperidine rings is 1.